The van der Waals surface area contributed by atoms with Gasteiger partial charge in [-0.05, 0) is 23.6 Å². The Morgan fingerprint density at radius 1 is 1.10 bits per heavy atom. The smallest absolute Gasteiger partial charge is 0.356 e. The molecule has 1 aliphatic carbocycles. The molecule has 202 valence electrons. The predicted molar refractivity (Wildman–Crippen MR) is 144 cm³/mol. The van der Waals surface area contributed by atoms with Gasteiger partial charge in [-0.25, -0.2) is 9.78 Å². The highest BCUT2D eigenvalue weighted by molar-refractivity contribution is 6.35. The topological polar surface area (TPSA) is 101 Å². The second-order valence-corrected chi connectivity index (χ2v) is 10.0. The van der Waals surface area contributed by atoms with Crippen LogP contribution in [-0.2, 0) is 10.3 Å². The second kappa shape index (κ2) is 10.3. The molecule has 39 heavy (non-hydrogen) atoms. The lowest BCUT2D eigenvalue weighted by molar-refractivity contribution is 0.0188. The molecule has 1 aromatic heterocycles. The first kappa shape index (κ1) is 26.7. The molecular formula is C30H28ClNO7. The van der Waals surface area contributed by atoms with Crippen LogP contribution in [0.2, 0.25) is 5.02 Å². The van der Waals surface area contributed by atoms with Crippen LogP contribution in [0.1, 0.15) is 70.0 Å². The van der Waals surface area contributed by atoms with Crippen LogP contribution in [-0.4, -0.2) is 43.3 Å². The lowest BCUT2D eigenvalue weighted by Gasteiger charge is -2.38. The molecule has 9 heteroatoms. The maximum absolute atomic E-state index is 14.4. The zero-order chi connectivity index (χ0) is 27.9. The van der Waals surface area contributed by atoms with Crippen molar-refractivity contribution in [3.05, 3.63) is 70.0 Å². The van der Waals surface area contributed by atoms with E-state index in [1.807, 2.05) is 37.3 Å². The number of methoxy groups -OCH3 is 2. The number of Topliss-reactive ketones (excluding diaryl/α,β-unsaturated/α-hetero) is 2. The number of ether oxygens (including phenoxy) is 4. The molecular weight excluding hydrogens is 522 g/mol. The highest BCUT2D eigenvalue weighted by Crippen LogP contribution is 2.57. The minimum Gasteiger partial charge on any atom is -0.496 e. The Labute approximate surface area is 231 Å². The van der Waals surface area contributed by atoms with Crippen LogP contribution in [0.25, 0.3) is 11.1 Å². The molecule has 2 heterocycles. The van der Waals surface area contributed by atoms with E-state index in [4.69, 9.17) is 30.5 Å². The standard InChI is InChI=1S/C30H28ClNO7/c1-5-6-12-38-29(35)19-14-18(17-10-8-7-9-11-17)23-20(33)13-16(2)30(27(23)32-19)28(34)24-21(36-3)15-22(37-4)25(31)26(24)39-30/h7-11,14-16H,5-6,12-13H2,1-4H3/t16-,30+/m1/s1. The Kier molecular flexibility index (Phi) is 7.07. The second-order valence-electron chi connectivity index (χ2n) is 9.63. The number of carbonyl (C=O) groups excluding carboxylic acids is 3. The highest BCUT2D eigenvalue weighted by Gasteiger charge is 2.60. The normalized spacial score (nSPS) is 19.4. The maximum Gasteiger partial charge on any atom is 0.356 e. The van der Waals surface area contributed by atoms with E-state index in [-0.39, 0.29) is 63.6 Å². The Morgan fingerprint density at radius 3 is 2.49 bits per heavy atom. The summed E-state index contributed by atoms with van der Waals surface area (Å²) in [6.45, 7) is 3.96. The summed E-state index contributed by atoms with van der Waals surface area (Å²) in [5, 5.41) is 0.0996. The lowest BCUT2D eigenvalue weighted by atomic mass is 9.70. The quantitative estimate of drug-likeness (QED) is 0.258. The zero-order valence-corrected chi connectivity index (χ0v) is 22.9. The van der Waals surface area contributed by atoms with Crippen LogP contribution in [0.4, 0.5) is 0 Å². The Bertz CT molecular complexity index is 1490. The third-order valence-corrected chi connectivity index (χ3v) is 7.64. The van der Waals surface area contributed by atoms with Gasteiger partial charge in [-0.3, -0.25) is 9.59 Å². The molecule has 0 saturated heterocycles. The summed E-state index contributed by atoms with van der Waals surface area (Å²) in [7, 11) is 2.88. The van der Waals surface area contributed by atoms with Crippen molar-refractivity contribution >= 4 is 29.1 Å². The van der Waals surface area contributed by atoms with Gasteiger partial charge >= 0.3 is 5.97 Å². The van der Waals surface area contributed by atoms with Crippen LogP contribution in [0, 0.1) is 5.92 Å². The van der Waals surface area contributed by atoms with E-state index in [2.05, 4.69) is 4.98 Å². The number of unbranched alkanes of at least 4 members (excludes halogenated alkanes) is 1. The van der Waals surface area contributed by atoms with Crippen molar-refractivity contribution in [2.45, 2.75) is 38.7 Å². The van der Waals surface area contributed by atoms with Crippen LogP contribution < -0.4 is 14.2 Å². The molecule has 0 fully saturated rings. The van der Waals surface area contributed by atoms with Crippen molar-refractivity contribution in [2.75, 3.05) is 20.8 Å². The number of esters is 1. The Morgan fingerprint density at radius 2 is 1.82 bits per heavy atom. The fourth-order valence-electron chi connectivity index (χ4n) is 5.27. The van der Waals surface area contributed by atoms with Gasteiger partial charge in [0.05, 0.1) is 26.4 Å². The molecule has 2 aromatic carbocycles. The van der Waals surface area contributed by atoms with Crippen molar-refractivity contribution in [1.82, 2.24) is 4.98 Å². The number of hydrogen-bond donors (Lipinski definition) is 0. The Hall–Kier alpha value is -3.91. The summed E-state index contributed by atoms with van der Waals surface area (Å²) in [6.07, 6.45) is 1.56. The molecule has 1 spiro atoms. The van der Waals surface area contributed by atoms with Crippen LogP contribution >= 0.6 is 11.6 Å². The monoisotopic (exact) mass is 549 g/mol. The van der Waals surface area contributed by atoms with E-state index in [9.17, 15) is 14.4 Å². The number of hydrogen-bond acceptors (Lipinski definition) is 8. The van der Waals surface area contributed by atoms with Crippen LogP contribution in [0.15, 0.2) is 42.5 Å². The van der Waals surface area contributed by atoms with Crippen LogP contribution in [0.3, 0.4) is 0 Å². The highest BCUT2D eigenvalue weighted by atomic mass is 35.5. The number of fused-ring (bicyclic) bond motifs is 3. The van der Waals surface area contributed by atoms with Gasteiger partial charge in [0.2, 0.25) is 11.4 Å². The summed E-state index contributed by atoms with van der Waals surface area (Å²) in [4.78, 5) is 45.7. The van der Waals surface area contributed by atoms with Crippen molar-refractivity contribution in [2.24, 2.45) is 5.92 Å². The average Bonchev–Trinajstić information content (AvgIpc) is 3.26. The van der Waals surface area contributed by atoms with Gasteiger partial charge in [-0.15, -0.1) is 0 Å². The molecule has 5 rings (SSSR count). The molecule has 0 bridgehead atoms. The van der Waals surface area contributed by atoms with Crippen molar-refractivity contribution < 1.29 is 33.3 Å². The fourth-order valence-corrected chi connectivity index (χ4v) is 5.53. The zero-order valence-electron chi connectivity index (χ0n) is 22.1. The van der Waals surface area contributed by atoms with E-state index in [1.54, 1.807) is 13.0 Å². The van der Waals surface area contributed by atoms with Gasteiger partial charge in [-0.1, -0.05) is 62.2 Å². The number of benzene rings is 2. The van der Waals surface area contributed by atoms with E-state index >= 15 is 0 Å². The summed E-state index contributed by atoms with van der Waals surface area (Å²) in [5.74, 6) is -1.37. The van der Waals surface area contributed by atoms with E-state index in [1.165, 1.54) is 20.3 Å². The first-order chi connectivity index (χ1) is 18.8. The summed E-state index contributed by atoms with van der Waals surface area (Å²) >= 11 is 6.62. The number of halogens is 1. The number of carbonyl (C=O) groups is 3. The number of pyridine rings is 1. The fraction of sp³-hybridized carbons (Fsp3) is 0.333. The minimum absolute atomic E-state index is 0.0194. The van der Waals surface area contributed by atoms with Gasteiger partial charge in [0.15, 0.2) is 11.5 Å². The van der Waals surface area contributed by atoms with Gasteiger partial charge in [-0.2, -0.15) is 0 Å². The molecule has 3 aromatic rings. The molecule has 0 amide bonds. The molecule has 2 atom stereocenters. The first-order valence-corrected chi connectivity index (χ1v) is 13.2. The average molecular weight is 550 g/mol. The van der Waals surface area contributed by atoms with Crippen molar-refractivity contribution in [1.29, 1.82) is 0 Å². The largest absolute Gasteiger partial charge is 0.496 e. The number of ketones is 2. The van der Waals surface area contributed by atoms with Gasteiger partial charge in [0.25, 0.3) is 0 Å². The van der Waals surface area contributed by atoms with E-state index in [0.29, 0.717) is 17.5 Å². The summed E-state index contributed by atoms with van der Waals surface area (Å²) in [6, 6.07) is 12.2. The minimum atomic E-state index is -1.72. The van der Waals surface area contributed by atoms with Crippen molar-refractivity contribution in [3.63, 3.8) is 0 Å². The lowest BCUT2D eigenvalue weighted by Crippen LogP contribution is -2.49. The van der Waals surface area contributed by atoms with E-state index < -0.39 is 23.3 Å². The third kappa shape index (κ3) is 4.14. The van der Waals surface area contributed by atoms with Gasteiger partial charge < -0.3 is 18.9 Å². The van der Waals surface area contributed by atoms with Gasteiger partial charge in [0.1, 0.15) is 33.5 Å². The maximum atomic E-state index is 14.4. The molecule has 1 aliphatic heterocycles. The summed E-state index contributed by atoms with van der Waals surface area (Å²) in [5.41, 5.74) is -0.152. The van der Waals surface area contributed by atoms with E-state index in [0.717, 1.165) is 6.42 Å². The SMILES string of the molecule is CCCCOC(=O)c1cc(-c2ccccc2)c2c(n1)[C@@]1(Oc3c(Cl)c(OC)cc(OC)c3C1=O)[C@H](C)CC2=O. The summed E-state index contributed by atoms with van der Waals surface area (Å²) < 4.78 is 22.8. The van der Waals surface area contributed by atoms with Gasteiger partial charge in [0, 0.05) is 18.4 Å². The molecule has 0 N–H and O–H groups in total. The molecule has 0 radical (unpaired) electrons. The Balaban J connectivity index is 1.79. The molecule has 8 nitrogen and oxygen atoms in total. The predicted octanol–water partition coefficient (Wildman–Crippen LogP) is 6.07. The molecule has 2 aliphatic rings. The number of aromatic nitrogens is 1. The number of nitrogens with zero attached hydrogens (tertiary/aromatic N) is 1. The first-order valence-electron chi connectivity index (χ1n) is 12.8. The molecule has 0 unspecified atom stereocenters. The van der Waals surface area contributed by atoms with Crippen LogP contribution in [0.5, 0.6) is 17.2 Å². The molecule has 0 saturated carbocycles. The number of rotatable bonds is 7. The van der Waals surface area contributed by atoms with Crippen molar-refractivity contribution in [3.8, 4) is 28.4 Å². The third-order valence-electron chi connectivity index (χ3n) is 7.28.